The third-order valence-electron chi connectivity index (χ3n) is 3.70. The van der Waals surface area contributed by atoms with E-state index in [4.69, 9.17) is 21.1 Å². The van der Waals surface area contributed by atoms with Crippen LogP contribution in [0.2, 0.25) is 5.02 Å². The van der Waals surface area contributed by atoms with Crippen LogP contribution in [0, 0.1) is 0 Å². The Bertz CT molecular complexity index is 966. The van der Waals surface area contributed by atoms with E-state index in [0.717, 1.165) is 10.1 Å². The second-order valence-corrected chi connectivity index (χ2v) is 6.79. The summed E-state index contributed by atoms with van der Waals surface area (Å²) in [7, 11) is 1.59. The van der Waals surface area contributed by atoms with Crippen LogP contribution in [0.25, 0.3) is 10.1 Å². The Hall–Kier alpha value is -2.57. The van der Waals surface area contributed by atoms with Crippen LogP contribution in [0.1, 0.15) is 27.0 Å². The summed E-state index contributed by atoms with van der Waals surface area (Å²) in [6.45, 7) is 2.06. The minimum absolute atomic E-state index is 0.306. The molecule has 0 spiro atoms. The number of carbonyl (C=O) groups excluding carboxylic acids is 2. The molecule has 2 aromatic carbocycles. The van der Waals surface area contributed by atoms with Crippen LogP contribution in [0.5, 0.6) is 5.75 Å². The lowest BCUT2D eigenvalue weighted by molar-refractivity contribution is 0.0526. The number of esters is 1. The molecule has 0 fully saturated rings. The van der Waals surface area contributed by atoms with E-state index in [-0.39, 0.29) is 5.91 Å². The molecule has 0 unspecified atom stereocenters. The van der Waals surface area contributed by atoms with Crippen molar-refractivity contribution >= 4 is 50.6 Å². The zero-order valence-electron chi connectivity index (χ0n) is 14.2. The molecular formula is C19H16ClNO4S. The second-order valence-electron chi connectivity index (χ2n) is 5.36. The molecule has 0 bridgehead atoms. The fourth-order valence-electron chi connectivity index (χ4n) is 2.41. The first-order chi connectivity index (χ1) is 12.5. The molecule has 0 aliphatic heterocycles. The van der Waals surface area contributed by atoms with Crippen molar-refractivity contribution in [3.8, 4) is 5.75 Å². The molecule has 7 heteroatoms. The standard InChI is InChI=1S/C19H16ClNO4S/c1-3-25-19(23)11-4-6-12(7-5-11)21-18(22)17-16(20)14-9-8-13(24-2)10-15(14)26-17/h4-10H,3H2,1-2H3,(H,21,22). The summed E-state index contributed by atoms with van der Waals surface area (Å²) in [4.78, 5) is 24.7. The Labute approximate surface area is 159 Å². The molecule has 26 heavy (non-hydrogen) atoms. The molecule has 3 aromatic rings. The number of ether oxygens (including phenoxy) is 2. The predicted molar refractivity (Wildman–Crippen MR) is 104 cm³/mol. The molecule has 0 aliphatic rings. The van der Waals surface area contributed by atoms with Gasteiger partial charge in [-0.15, -0.1) is 11.3 Å². The number of nitrogens with one attached hydrogen (secondary N) is 1. The molecular weight excluding hydrogens is 374 g/mol. The third-order valence-corrected chi connectivity index (χ3v) is 5.35. The summed E-state index contributed by atoms with van der Waals surface area (Å²) in [5.74, 6) is 0.00264. The number of benzene rings is 2. The van der Waals surface area contributed by atoms with Crippen molar-refractivity contribution in [3.63, 3.8) is 0 Å². The number of hydrogen-bond acceptors (Lipinski definition) is 5. The molecule has 0 radical (unpaired) electrons. The molecule has 3 rings (SSSR count). The van der Waals surface area contributed by atoms with E-state index in [9.17, 15) is 9.59 Å². The molecule has 1 N–H and O–H groups in total. The molecule has 5 nitrogen and oxygen atoms in total. The van der Waals surface area contributed by atoms with Crippen LogP contribution in [-0.4, -0.2) is 25.6 Å². The summed E-state index contributed by atoms with van der Waals surface area (Å²) in [6.07, 6.45) is 0. The highest BCUT2D eigenvalue weighted by Crippen LogP contribution is 2.37. The molecule has 0 saturated carbocycles. The van der Waals surface area contributed by atoms with E-state index < -0.39 is 5.97 Å². The average molecular weight is 390 g/mol. The highest BCUT2D eigenvalue weighted by Gasteiger charge is 2.18. The van der Waals surface area contributed by atoms with E-state index in [1.165, 1.54) is 11.3 Å². The number of fused-ring (bicyclic) bond motifs is 1. The van der Waals surface area contributed by atoms with E-state index in [0.29, 0.717) is 33.5 Å². The number of carbonyl (C=O) groups is 2. The largest absolute Gasteiger partial charge is 0.497 e. The molecule has 1 aromatic heterocycles. The van der Waals surface area contributed by atoms with Gasteiger partial charge in [0.25, 0.3) is 5.91 Å². The number of halogens is 1. The van der Waals surface area contributed by atoms with E-state index in [1.807, 2.05) is 12.1 Å². The number of hydrogen-bond donors (Lipinski definition) is 1. The van der Waals surface area contributed by atoms with Crippen molar-refractivity contribution in [3.05, 3.63) is 57.9 Å². The Kier molecular flexibility index (Phi) is 5.44. The minimum Gasteiger partial charge on any atom is -0.497 e. The lowest BCUT2D eigenvalue weighted by Crippen LogP contribution is -2.11. The smallest absolute Gasteiger partial charge is 0.338 e. The zero-order chi connectivity index (χ0) is 18.7. The van der Waals surface area contributed by atoms with E-state index in [2.05, 4.69) is 5.32 Å². The van der Waals surface area contributed by atoms with Crippen molar-refractivity contribution in [1.82, 2.24) is 0 Å². The van der Waals surface area contributed by atoms with Crippen molar-refractivity contribution in [1.29, 1.82) is 0 Å². The number of amides is 1. The van der Waals surface area contributed by atoms with Crippen LogP contribution in [0.4, 0.5) is 5.69 Å². The lowest BCUT2D eigenvalue weighted by atomic mass is 10.2. The Balaban J connectivity index is 1.80. The van der Waals surface area contributed by atoms with Gasteiger partial charge in [0.05, 0.1) is 24.3 Å². The monoisotopic (exact) mass is 389 g/mol. The normalized spacial score (nSPS) is 10.6. The van der Waals surface area contributed by atoms with Crippen LogP contribution in [0.3, 0.4) is 0 Å². The maximum absolute atomic E-state index is 12.6. The zero-order valence-corrected chi connectivity index (χ0v) is 15.7. The molecule has 1 amide bonds. The summed E-state index contributed by atoms with van der Waals surface area (Å²) in [6, 6.07) is 12.0. The number of methoxy groups -OCH3 is 1. The van der Waals surface area contributed by atoms with Gasteiger partial charge in [-0.3, -0.25) is 4.79 Å². The van der Waals surface area contributed by atoms with E-state index in [1.54, 1.807) is 44.4 Å². The van der Waals surface area contributed by atoms with E-state index >= 15 is 0 Å². The fourth-order valence-corrected chi connectivity index (χ4v) is 3.85. The Morgan fingerprint density at radius 1 is 1.15 bits per heavy atom. The highest BCUT2D eigenvalue weighted by atomic mass is 35.5. The van der Waals surface area contributed by atoms with Crippen LogP contribution >= 0.6 is 22.9 Å². The predicted octanol–water partition coefficient (Wildman–Crippen LogP) is 4.99. The van der Waals surface area contributed by atoms with Gasteiger partial charge in [0.15, 0.2) is 0 Å². The SMILES string of the molecule is CCOC(=O)c1ccc(NC(=O)c2sc3cc(OC)ccc3c2Cl)cc1. The minimum atomic E-state index is -0.396. The Morgan fingerprint density at radius 2 is 1.88 bits per heavy atom. The first kappa shape index (κ1) is 18.2. The first-order valence-electron chi connectivity index (χ1n) is 7.88. The van der Waals surface area contributed by atoms with Crippen molar-refractivity contribution in [2.24, 2.45) is 0 Å². The van der Waals surface area contributed by atoms with Crippen molar-refractivity contribution in [2.45, 2.75) is 6.92 Å². The molecule has 0 aliphatic carbocycles. The third kappa shape index (κ3) is 3.66. The van der Waals surface area contributed by atoms with Gasteiger partial charge < -0.3 is 14.8 Å². The van der Waals surface area contributed by atoms with Gasteiger partial charge in [-0.05, 0) is 49.4 Å². The lowest BCUT2D eigenvalue weighted by Gasteiger charge is -2.06. The average Bonchev–Trinajstić information content (AvgIpc) is 2.98. The van der Waals surface area contributed by atoms with Gasteiger partial charge in [-0.2, -0.15) is 0 Å². The second kappa shape index (κ2) is 7.76. The number of rotatable bonds is 5. The molecule has 0 atom stereocenters. The quantitative estimate of drug-likeness (QED) is 0.624. The number of anilines is 1. The van der Waals surface area contributed by atoms with Crippen LogP contribution < -0.4 is 10.1 Å². The summed E-state index contributed by atoms with van der Waals surface area (Å²) in [5.41, 5.74) is 0.992. The highest BCUT2D eigenvalue weighted by molar-refractivity contribution is 7.21. The van der Waals surface area contributed by atoms with Gasteiger partial charge >= 0.3 is 5.97 Å². The molecule has 134 valence electrons. The van der Waals surface area contributed by atoms with Crippen LogP contribution in [0.15, 0.2) is 42.5 Å². The van der Waals surface area contributed by atoms with Gasteiger partial charge in [-0.1, -0.05) is 11.6 Å². The summed E-state index contributed by atoms with van der Waals surface area (Å²) >= 11 is 7.66. The maximum atomic E-state index is 12.6. The molecule has 0 saturated heterocycles. The van der Waals surface area contributed by atoms with Gasteiger partial charge in [0.1, 0.15) is 10.6 Å². The van der Waals surface area contributed by atoms with Crippen molar-refractivity contribution in [2.75, 3.05) is 19.0 Å². The van der Waals surface area contributed by atoms with Crippen LogP contribution in [-0.2, 0) is 4.74 Å². The van der Waals surface area contributed by atoms with Gasteiger partial charge in [0, 0.05) is 15.8 Å². The fraction of sp³-hybridized carbons (Fsp3) is 0.158. The topological polar surface area (TPSA) is 64.6 Å². The first-order valence-corrected chi connectivity index (χ1v) is 9.07. The van der Waals surface area contributed by atoms with Gasteiger partial charge in [-0.25, -0.2) is 4.79 Å². The summed E-state index contributed by atoms with van der Waals surface area (Å²) < 4.78 is 11.0. The maximum Gasteiger partial charge on any atom is 0.338 e. The number of thiophene rings is 1. The summed E-state index contributed by atoms with van der Waals surface area (Å²) in [5, 5.41) is 4.01. The Morgan fingerprint density at radius 3 is 2.54 bits per heavy atom. The molecule has 1 heterocycles. The van der Waals surface area contributed by atoms with Gasteiger partial charge in [0.2, 0.25) is 0 Å². The van der Waals surface area contributed by atoms with Crippen molar-refractivity contribution < 1.29 is 19.1 Å².